The van der Waals surface area contributed by atoms with Crippen LogP contribution in [0.3, 0.4) is 0 Å². The minimum absolute atomic E-state index is 0. The maximum Gasteiger partial charge on any atom is 1.00 e. The van der Waals surface area contributed by atoms with Crippen LogP contribution >= 0.6 is 7.82 Å². The molecule has 2 aromatic rings. The number of nitrogen functional groups attached to an aromatic ring is 1. The second kappa shape index (κ2) is 8.85. The van der Waals surface area contributed by atoms with Crippen molar-refractivity contribution in [2.24, 2.45) is 0 Å². The van der Waals surface area contributed by atoms with Crippen molar-refractivity contribution in [1.82, 2.24) is 19.5 Å². The van der Waals surface area contributed by atoms with Gasteiger partial charge in [0.05, 0.1) is 26.9 Å². The average molecular weight is 375 g/mol. The number of hydrogen-bond acceptors (Lipinski definition) is 10. The number of rotatable bonds is 4. The predicted octanol–water partition coefficient (Wildman–Crippen LogP) is -8.09. The quantitative estimate of drug-likeness (QED) is 0.386. The number of imidazole rings is 1. The molecule has 3 N–H and O–H groups in total. The molecule has 1 fully saturated rings. The van der Waals surface area contributed by atoms with E-state index in [0.29, 0.717) is 11.2 Å². The van der Waals surface area contributed by atoms with Crippen molar-refractivity contribution in [2.45, 2.75) is 24.9 Å². The van der Waals surface area contributed by atoms with Gasteiger partial charge in [0, 0.05) is 6.42 Å². The molecule has 120 valence electrons. The number of anilines is 1. The number of hydrogen-bond donors (Lipinski definition) is 2. The van der Waals surface area contributed by atoms with Crippen molar-refractivity contribution in [3.05, 3.63) is 12.7 Å². The number of phosphoric acid groups is 1. The number of aliphatic hydroxyl groups is 1. The second-order valence-electron chi connectivity index (χ2n) is 4.76. The zero-order chi connectivity index (χ0) is 15.9. The summed E-state index contributed by atoms with van der Waals surface area (Å²) < 4.78 is 21.7. The maximum absolute atomic E-state index is 10.5. The Bertz CT molecular complexity index is 742. The standard InChI is InChI=1S/C10H14N5O6P.2Na/c11-9-8-10(13-3-12-9)15(4-14-8)7-1-5(16)6(21-7)2-20-22(17,18)19;;/h3-7,16H,1-2H2,(H2,11,12,13)(H2,17,18,19);;/q;2*+1/p-2/t5-,6-,7+;;/m0../s1. The summed E-state index contributed by atoms with van der Waals surface area (Å²) in [4.78, 5) is 32.9. The number of nitrogens with two attached hydrogens (primary N) is 1. The Labute approximate surface area is 180 Å². The third kappa shape index (κ3) is 4.97. The van der Waals surface area contributed by atoms with E-state index in [1.807, 2.05) is 0 Å². The van der Waals surface area contributed by atoms with Crippen LogP contribution in [0.5, 0.6) is 0 Å². The summed E-state index contributed by atoms with van der Waals surface area (Å²) >= 11 is 0. The normalized spacial score (nSPS) is 23.7. The van der Waals surface area contributed by atoms with Crippen molar-refractivity contribution in [3.63, 3.8) is 0 Å². The predicted molar refractivity (Wildman–Crippen MR) is 67.8 cm³/mol. The minimum atomic E-state index is -5.12. The van der Waals surface area contributed by atoms with Crippen LogP contribution in [0.1, 0.15) is 12.6 Å². The molecule has 0 aliphatic carbocycles. The number of aliphatic hydroxyl groups excluding tert-OH is 1. The van der Waals surface area contributed by atoms with Crippen LogP contribution in [-0.4, -0.2) is 43.4 Å². The van der Waals surface area contributed by atoms with Gasteiger partial charge in [-0.25, -0.2) is 15.0 Å². The molecule has 0 radical (unpaired) electrons. The number of ether oxygens (including phenoxy) is 1. The molecule has 14 heteroatoms. The molecule has 1 aliphatic rings. The van der Waals surface area contributed by atoms with Gasteiger partial charge in [0.2, 0.25) is 0 Å². The van der Waals surface area contributed by atoms with Gasteiger partial charge in [0.15, 0.2) is 11.5 Å². The number of aromatic nitrogens is 4. The smallest absolute Gasteiger partial charge is 0.790 e. The molecular formula is C10H12N5Na2O6P. The molecule has 24 heavy (non-hydrogen) atoms. The Morgan fingerprint density at radius 2 is 2.12 bits per heavy atom. The summed E-state index contributed by atoms with van der Waals surface area (Å²) in [5, 5.41) is 9.89. The maximum atomic E-state index is 10.5. The van der Waals surface area contributed by atoms with Gasteiger partial charge in [-0.15, -0.1) is 0 Å². The van der Waals surface area contributed by atoms with Gasteiger partial charge in [0.25, 0.3) is 0 Å². The fourth-order valence-electron chi connectivity index (χ4n) is 2.28. The summed E-state index contributed by atoms with van der Waals surface area (Å²) in [6.07, 6.45) is 0.285. The summed E-state index contributed by atoms with van der Waals surface area (Å²) in [5.41, 5.74) is 6.49. The first kappa shape index (κ1) is 22.4. The fraction of sp³-hybridized carbons (Fsp3) is 0.500. The van der Waals surface area contributed by atoms with Gasteiger partial charge < -0.3 is 34.5 Å². The number of fused-ring (bicyclic) bond motifs is 1. The van der Waals surface area contributed by atoms with Crippen LogP contribution in [0.2, 0.25) is 0 Å². The van der Waals surface area contributed by atoms with Crippen LogP contribution in [0.4, 0.5) is 5.82 Å². The molecule has 3 rings (SSSR count). The molecule has 1 aliphatic heterocycles. The molecule has 11 nitrogen and oxygen atoms in total. The second-order valence-corrected chi connectivity index (χ2v) is 5.91. The van der Waals surface area contributed by atoms with Crippen molar-refractivity contribution >= 4 is 24.8 Å². The molecule has 1 saturated heterocycles. The van der Waals surface area contributed by atoms with Crippen LogP contribution in [0.15, 0.2) is 12.7 Å². The molecule has 3 heterocycles. The Kier molecular flexibility index (Phi) is 8.27. The Balaban J connectivity index is 0.00000144. The average Bonchev–Trinajstić information content (AvgIpc) is 3.00. The van der Waals surface area contributed by atoms with E-state index in [2.05, 4.69) is 19.5 Å². The third-order valence-electron chi connectivity index (χ3n) is 3.30. The van der Waals surface area contributed by atoms with Crippen LogP contribution in [0, 0.1) is 0 Å². The van der Waals surface area contributed by atoms with Crippen molar-refractivity contribution in [1.29, 1.82) is 0 Å². The van der Waals surface area contributed by atoms with E-state index in [1.54, 1.807) is 4.57 Å². The van der Waals surface area contributed by atoms with Crippen molar-refractivity contribution in [3.8, 4) is 0 Å². The first-order valence-corrected chi connectivity index (χ1v) is 7.74. The first-order valence-electron chi connectivity index (χ1n) is 6.28. The Morgan fingerprint density at radius 3 is 2.79 bits per heavy atom. The molecule has 0 aromatic carbocycles. The van der Waals surface area contributed by atoms with E-state index in [0.717, 1.165) is 0 Å². The van der Waals surface area contributed by atoms with Gasteiger partial charge in [-0.05, 0) is 0 Å². The van der Waals surface area contributed by atoms with Crippen LogP contribution < -0.4 is 74.6 Å². The van der Waals surface area contributed by atoms with Gasteiger partial charge in [-0.1, -0.05) is 0 Å². The molecule has 3 atom stereocenters. The molecule has 0 amide bonds. The van der Waals surface area contributed by atoms with Gasteiger partial charge >= 0.3 is 59.1 Å². The van der Waals surface area contributed by atoms with E-state index < -0.39 is 32.9 Å². The third-order valence-corrected chi connectivity index (χ3v) is 3.76. The number of phosphoric ester groups is 1. The molecule has 2 aromatic heterocycles. The zero-order valence-corrected chi connectivity index (χ0v) is 18.0. The monoisotopic (exact) mass is 375 g/mol. The molecular weight excluding hydrogens is 363 g/mol. The van der Waals surface area contributed by atoms with Crippen LogP contribution in [0.25, 0.3) is 11.2 Å². The summed E-state index contributed by atoms with van der Waals surface area (Å²) in [6.45, 7) is -0.550. The van der Waals surface area contributed by atoms with Gasteiger partial charge in [0.1, 0.15) is 24.2 Å². The topological polar surface area (TPSA) is 172 Å². The fourth-order valence-corrected chi connectivity index (χ4v) is 2.61. The Hall–Kier alpha value is 0.380. The van der Waals surface area contributed by atoms with Crippen LogP contribution in [-0.2, 0) is 13.8 Å². The molecule has 0 saturated carbocycles. The molecule has 0 bridgehead atoms. The SMILES string of the molecule is Nc1ncnc2c1ncn2[C@H]1C[C@H](O)[C@H](COP(=O)([O-])[O-])O1.[Na+].[Na+]. The van der Waals surface area contributed by atoms with E-state index in [4.69, 9.17) is 10.5 Å². The van der Waals surface area contributed by atoms with Gasteiger partial charge in [-0.3, -0.25) is 4.57 Å². The summed E-state index contributed by atoms with van der Waals surface area (Å²) in [7, 11) is -5.12. The van der Waals surface area contributed by atoms with Gasteiger partial charge in [-0.2, -0.15) is 0 Å². The zero-order valence-electron chi connectivity index (χ0n) is 13.1. The van der Waals surface area contributed by atoms with E-state index in [-0.39, 0.29) is 71.4 Å². The molecule has 0 unspecified atom stereocenters. The van der Waals surface area contributed by atoms with Crippen molar-refractivity contribution < 1.29 is 87.8 Å². The number of nitrogens with zero attached hydrogens (tertiary/aromatic N) is 4. The van der Waals surface area contributed by atoms with E-state index in [9.17, 15) is 19.5 Å². The summed E-state index contributed by atoms with van der Waals surface area (Å²) in [6, 6.07) is 0. The first-order chi connectivity index (χ1) is 10.3. The van der Waals surface area contributed by atoms with Crippen molar-refractivity contribution in [2.75, 3.05) is 12.3 Å². The summed E-state index contributed by atoms with van der Waals surface area (Å²) in [5.74, 6) is 0.209. The van der Waals surface area contributed by atoms with E-state index >= 15 is 0 Å². The largest absolute Gasteiger partial charge is 1.00 e. The minimum Gasteiger partial charge on any atom is -0.790 e. The Morgan fingerprint density at radius 1 is 1.42 bits per heavy atom. The molecule has 0 spiro atoms. The van der Waals surface area contributed by atoms with E-state index in [1.165, 1.54) is 12.7 Å².